The van der Waals surface area contributed by atoms with Crippen molar-refractivity contribution in [3.8, 4) is 17.1 Å². The predicted molar refractivity (Wildman–Crippen MR) is 114 cm³/mol. The number of carbonyl (C=O) groups is 2. The van der Waals surface area contributed by atoms with Crippen molar-refractivity contribution in [2.45, 2.75) is 58.1 Å². The molecule has 1 saturated heterocycles. The molecular weight excluding hydrogens is 400 g/mol. The Morgan fingerprint density at radius 1 is 1.19 bits per heavy atom. The van der Waals surface area contributed by atoms with E-state index in [4.69, 9.17) is 14.0 Å². The maximum absolute atomic E-state index is 12.3. The molecule has 168 valence electrons. The molecule has 1 fully saturated rings. The fourth-order valence-electron chi connectivity index (χ4n) is 3.27. The van der Waals surface area contributed by atoms with Crippen LogP contribution in [0.15, 0.2) is 28.8 Å². The van der Waals surface area contributed by atoms with Crippen LogP contribution in [0, 0.1) is 0 Å². The highest BCUT2D eigenvalue weighted by atomic mass is 16.6. The minimum absolute atomic E-state index is 0.0451. The minimum atomic E-state index is -0.510. The summed E-state index contributed by atoms with van der Waals surface area (Å²) in [5.41, 5.74) is 0.307. The molecule has 1 aromatic carbocycles. The van der Waals surface area contributed by atoms with Crippen LogP contribution in [-0.4, -0.2) is 58.9 Å². The van der Waals surface area contributed by atoms with E-state index in [0.29, 0.717) is 44.1 Å². The number of methoxy groups -OCH3 is 1. The molecule has 2 heterocycles. The second-order valence-corrected chi connectivity index (χ2v) is 8.55. The molecule has 1 aliphatic heterocycles. The Bertz CT molecular complexity index is 880. The summed E-state index contributed by atoms with van der Waals surface area (Å²) in [5, 5.41) is 7.00. The maximum atomic E-state index is 12.3. The second-order valence-electron chi connectivity index (χ2n) is 8.55. The predicted octanol–water partition coefficient (Wildman–Crippen LogP) is 3.19. The summed E-state index contributed by atoms with van der Waals surface area (Å²) in [5.74, 6) is 1.58. The Hall–Kier alpha value is -3.10. The first kappa shape index (κ1) is 22.6. The SMILES string of the molecule is COc1ccc(-c2noc(CCC(=O)NC3CCN(C(=O)OC(C)(C)C)CC3)n2)cc1. The van der Waals surface area contributed by atoms with Crippen molar-refractivity contribution in [2.75, 3.05) is 20.2 Å². The van der Waals surface area contributed by atoms with Crippen molar-refractivity contribution in [3.63, 3.8) is 0 Å². The van der Waals surface area contributed by atoms with Gasteiger partial charge in [0.25, 0.3) is 0 Å². The molecule has 31 heavy (non-hydrogen) atoms. The van der Waals surface area contributed by atoms with Crippen LogP contribution in [0.4, 0.5) is 4.79 Å². The van der Waals surface area contributed by atoms with E-state index in [9.17, 15) is 9.59 Å². The lowest BCUT2D eigenvalue weighted by molar-refractivity contribution is -0.122. The monoisotopic (exact) mass is 430 g/mol. The first-order valence-corrected chi connectivity index (χ1v) is 10.5. The molecule has 1 aliphatic rings. The number of rotatable bonds is 6. The molecule has 2 aromatic rings. The summed E-state index contributed by atoms with van der Waals surface area (Å²) in [6, 6.07) is 7.40. The van der Waals surface area contributed by atoms with Crippen LogP contribution >= 0.6 is 0 Å². The normalized spacial score (nSPS) is 14.9. The van der Waals surface area contributed by atoms with E-state index in [1.54, 1.807) is 12.0 Å². The zero-order valence-corrected chi connectivity index (χ0v) is 18.5. The molecule has 0 unspecified atom stereocenters. The van der Waals surface area contributed by atoms with Gasteiger partial charge in [-0.25, -0.2) is 4.79 Å². The smallest absolute Gasteiger partial charge is 0.410 e. The van der Waals surface area contributed by atoms with Gasteiger partial charge in [0.1, 0.15) is 11.4 Å². The molecule has 0 radical (unpaired) electrons. The largest absolute Gasteiger partial charge is 0.497 e. The Balaban J connectivity index is 1.41. The molecular formula is C22H30N4O5. The van der Waals surface area contributed by atoms with E-state index in [2.05, 4.69) is 15.5 Å². The minimum Gasteiger partial charge on any atom is -0.497 e. The first-order chi connectivity index (χ1) is 14.7. The fourth-order valence-corrected chi connectivity index (χ4v) is 3.27. The van der Waals surface area contributed by atoms with Crippen molar-refractivity contribution in [1.82, 2.24) is 20.4 Å². The summed E-state index contributed by atoms with van der Waals surface area (Å²) in [4.78, 5) is 30.5. The maximum Gasteiger partial charge on any atom is 0.410 e. The topological polar surface area (TPSA) is 107 Å². The van der Waals surface area contributed by atoms with Gasteiger partial charge in [0.2, 0.25) is 17.6 Å². The van der Waals surface area contributed by atoms with Gasteiger partial charge in [-0.05, 0) is 57.9 Å². The van der Waals surface area contributed by atoms with Crippen molar-refractivity contribution in [3.05, 3.63) is 30.2 Å². The molecule has 1 N–H and O–H groups in total. The quantitative estimate of drug-likeness (QED) is 0.750. The van der Waals surface area contributed by atoms with Crippen LogP contribution in [0.2, 0.25) is 0 Å². The number of hydrogen-bond donors (Lipinski definition) is 1. The molecule has 0 saturated carbocycles. The van der Waals surface area contributed by atoms with Gasteiger partial charge in [-0.3, -0.25) is 4.79 Å². The number of piperidine rings is 1. The van der Waals surface area contributed by atoms with Crippen LogP contribution in [0.1, 0.15) is 45.9 Å². The van der Waals surface area contributed by atoms with Crippen LogP contribution in [0.3, 0.4) is 0 Å². The Morgan fingerprint density at radius 2 is 1.87 bits per heavy atom. The lowest BCUT2D eigenvalue weighted by Gasteiger charge is -2.33. The number of nitrogens with one attached hydrogen (secondary N) is 1. The van der Waals surface area contributed by atoms with Crippen molar-refractivity contribution in [2.24, 2.45) is 0 Å². The number of hydrogen-bond acceptors (Lipinski definition) is 7. The highest BCUT2D eigenvalue weighted by Gasteiger charge is 2.27. The lowest BCUT2D eigenvalue weighted by atomic mass is 10.1. The molecule has 1 aromatic heterocycles. The van der Waals surface area contributed by atoms with E-state index < -0.39 is 5.60 Å². The number of benzene rings is 1. The molecule has 0 spiro atoms. The van der Waals surface area contributed by atoms with Gasteiger partial charge >= 0.3 is 6.09 Å². The van der Waals surface area contributed by atoms with E-state index in [-0.39, 0.29) is 24.5 Å². The first-order valence-electron chi connectivity index (χ1n) is 10.5. The molecule has 0 bridgehead atoms. The molecule has 0 atom stereocenters. The number of aryl methyl sites for hydroxylation is 1. The van der Waals surface area contributed by atoms with Crippen molar-refractivity contribution < 1.29 is 23.6 Å². The zero-order valence-electron chi connectivity index (χ0n) is 18.5. The zero-order chi connectivity index (χ0) is 22.4. The number of aromatic nitrogens is 2. The third-order valence-corrected chi connectivity index (χ3v) is 4.89. The molecule has 3 rings (SSSR count). The molecule has 2 amide bonds. The van der Waals surface area contributed by atoms with Gasteiger partial charge in [0, 0.05) is 37.5 Å². The third-order valence-electron chi connectivity index (χ3n) is 4.89. The van der Waals surface area contributed by atoms with Gasteiger partial charge in [0.15, 0.2) is 0 Å². The van der Waals surface area contributed by atoms with Gasteiger partial charge in [-0.2, -0.15) is 4.98 Å². The fraction of sp³-hybridized carbons (Fsp3) is 0.545. The summed E-state index contributed by atoms with van der Waals surface area (Å²) in [7, 11) is 1.61. The number of likely N-dealkylation sites (tertiary alicyclic amines) is 1. The number of nitrogens with zero attached hydrogens (tertiary/aromatic N) is 3. The summed E-state index contributed by atoms with van der Waals surface area (Å²) in [6.07, 6.45) is 1.73. The molecule has 0 aliphatic carbocycles. The van der Waals surface area contributed by atoms with E-state index in [0.717, 1.165) is 11.3 Å². The highest BCUT2D eigenvalue weighted by Crippen LogP contribution is 2.20. The summed E-state index contributed by atoms with van der Waals surface area (Å²) < 4.78 is 15.8. The average molecular weight is 431 g/mol. The third kappa shape index (κ3) is 6.70. The second kappa shape index (κ2) is 9.80. The van der Waals surface area contributed by atoms with Crippen molar-refractivity contribution in [1.29, 1.82) is 0 Å². The summed E-state index contributed by atoms with van der Waals surface area (Å²) >= 11 is 0. The van der Waals surface area contributed by atoms with Crippen LogP contribution in [0.5, 0.6) is 5.75 Å². The van der Waals surface area contributed by atoms with E-state index in [1.165, 1.54) is 0 Å². The van der Waals surface area contributed by atoms with Gasteiger partial charge in [-0.15, -0.1) is 0 Å². The average Bonchev–Trinajstić information content (AvgIpc) is 3.21. The number of carbonyl (C=O) groups excluding carboxylic acids is 2. The Kier molecular flexibility index (Phi) is 7.14. The highest BCUT2D eigenvalue weighted by molar-refractivity contribution is 5.76. The molecule has 9 nitrogen and oxygen atoms in total. The van der Waals surface area contributed by atoms with Gasteiger partial charge in [0.05, 0.1) is 7.11 Å². The van der Waals surface area contributed by atoms with Crippen LogP contribution < -0.4 is 10.1 Å². The number of ether oxygens (including phenoxy) is 2. The van der Waals surface area contributed by atoms with Crippen LogP contribution in [0.25, 0.3) is 11.4 Å². The van der Waals surface area contributed by atoms with E-state index in [1.807, 2.05) is 45.0 Å². The Morgan fingerprint density at radius 3 is 2.48 bits per heavy atom. The summed E-state index contributed by atoms with van der Waals surface area (Å²) in [6.45, 7) is 6.67. The standard InChI is InChI=1S/C22H30N4O5/c1-22(2,3)30-21(28)26-13-11-16(12-14-26)23-18(27)9-10-19-24-20(25-31-19)15-5-7-17(29-4)8-6-15/h5-8,16H,9-14H2,1-4H3,(H,23,27). The lowest BCUT2D eigenvalue weighted by Crippen LogP contribution is -2.47. The van der Waals surface area contributed by atoms with Crippen molar-refractivity contribution >= 4 is 12.0 Å². The Labute approximate surface area is 182 Å². The molecule has 9 heteroatoms. The number of amides is 2. The van der Waals surface area contributed by atoms with Crippen LogP contribution in [-0.2, 0) is 16.0 Å². The van der Waals surface area contributed by atoms with E-state index >= 15 is 0 Å². The van der Waals surface area contributed by atoms with Gasteiger partial charge < -0.3 is 24.2 Å². The van der Waals surface area contributed by atoms with Gasteiger partial charge in [-0.1, -0.05) is 5.16 Å².